The van der Waals surface area contributed by atoms with Crippen LogP contribution < -0.4 is 15.8 Å². The largest absolute Gasteiger partial charge is 0.466 e. The van der Waals surface area contributed by atoms with Gasteiger partial charge in [-0.3, -0.25) is 18.8 Å². The lowest BCUT2D eigenvalue weighted by molar-refractivity contribution is -0.148. The standard InChI is InChI=1S/C23H27N5O4/c1-4-25-21(29)17(14-24)13-18-20(26-19-15(3)7-6-10-28(19)22(18)30)27-11-8-16(9-12-27)23(31)32-5-2/h6-7,10,13,16H,4-5,8-9,11-12H2,1-3H3,(H,25,29). The Labute approximate surface area is 186 Å². The molecule has 2 aromatic heterocycles. The minimum absolute atomic E-state index is 0.166. The Bertz CT molecular complexity index is 1150. The second kappa shape index (κ2) is 10.1. The van der Waals surface area contributed by atoms with Crippen LogP contribution in [0.2, 0.25) is 0 Å². The van der Waals surface area contributed by atoms with Crippen LogP contribution in [0.5, 0.6) is 0 Å². The number of esters is 1. The Morgan fingerprint density at radius 1 is 1.34 bits per heavy atom. The first-order chi connectivity index (χ1) is 15.4. The van der Waals surface area contributed by atoms with Gasteiger partial charge in [-0.2, -0.15) is 5.26 Å². The predicted octanol–water partition coefficient (Wildman–Crippen LogP) is 1.83. The molecule has 1 N–H and O–H groups in total. The number of amides is 1. The van der Waals surface area contributed by atoms with E-state index < -0.39 is 5.91 Å². The van der Waals surface area contributed by atoms with Gasteiger partial charge in [0.25, 0.3) is 11.5 Å². The molecule has 1 aliphatic heterocycles. The molecule has 3 rings (SSSR count). The Morgan fingerprint density at radius 2 is 2.06 bits per heavy atom. The van der Waals surface area contributed by atoms with Gasteiger partial charge >= 0.3 is 5.97 Å². The molecule has 2 aromatic rings. The minimum Gasteiger partial charge on any atom is -0.466 e. The molecule has 1 aliphatic rings. The molecule has 1 saturated heterocycles. The molecule has 0 saturated carbocycles. The van der Waals surface area contributed by atoms with Crippen LogP contribution in [0.4, 0.5) is 5.82 Å². The molecule has 3 heterocycles. The number of fused-ring (bicyclic) bond motifs is 1. The number of ether oxygens (including phenoxy) is 1. The number of pyridine rings is 1. The highest BCUT2D eigenvalue weighted by Gasteiger charge is 2.29. The smallest absolute Gasteiger partial charge is 0.309 e. The lowest BCUT2D eigenvalue weighted by Gasteiger charge is -2.32. The summed E-state index contributed by atoms with van der Waals surface area (Å²) in [6.45, 7) is 7.10. The van der Waals surface area contributed by atoms with E-state index in [1.807, 2.05) is 24.0 Å². The summed E-state index contributed by atoms with van der Waals surface area (Å²) in [5.74, 6) is -0.546. The lowest BCUT2D eigenvalue weighted by Crippen LogP contribution is -2.39. The van der Waals surface area contributed by atoms with E-state index in [0.29, 0.717) is 50.5 Å². The number of carbonyl (C=O) groups excluding carboxylic acids is 2. The quantitative estimate of drug-likeness (QED) is 0.416. The number of aromatic nitrogens is 2. The Morgan fingerprint density at radius 3 is 2.69 bits per heavy atom. The molecule has 0 spiro atoms. The minimum atomic E-state index is -0.546. The van der Waals surface area contributed by atoms with Crippen LogP contribution in [0.1, 0.15) is 37.8 Å². The zero-order valence-electron chi connectivity index (χ0n) is 18.6. The molecule has 0 atom stereocenters. The van der Waals surface area contributed by atoms with Crippen LogP contribution in [0.3, 0.4) is 0 Å². The van der Waals surface area contributed by atoms with Gasteiger partial charge in [0.15, 0.2) is 0 Å². The highest BCUT2D eigenvalue weighted by atomic mass is 16.5. The SMILES string of the molecule is CCNC(=O)C(C#N)=Cc1c(N2CCC(C(=O)OCC)CC2)nc2c(C)cccn2c1=O. The Hall–Kier alpha value is -3.67. The van der Waals surface area contributed by atoms with Gasteiger partial charge in [-0.05, 0) is 51.3 Å². The number of piperidine rings is 1. The number of carbonyl (C=O) groups is 2. The number of anilines is 1. The fourth-order valence-electron chi connectivity index (χ4n) is 3.80. The summed E-state index contributed by atoms with van der Waals surface area (Å²) in [6.07, 6.45) is 4.06. The van der Waals surface area contributed by atoms with Crippen molar-refractivity contribution >= 4 is 29.4 Å². The molecular formula is C23H27N5O4. The highest BCUT2D eigenvalue weighted by molar-refractivity contribution is 6.02. The Kier molecular flexibility index (Phi) is 7.25. The van der Waals surface area contributed by atoms with Gasteiger partial charge in [-0.1, -0.05) is 6.07 Å². The second-order valence-electron chi connectivity index (χ2n) is 7.58. The number of aryl methyl sites for hydroxylation is 1. The maximum Gasteiger partial charge on any atom is 0.309 e. The average Bonchev–Trinajstić information content (AvgIpc) is 2.79. The lowest BCUT2D eigenvalue weighted by atomic mass is 9.96. The van der Waals surface area contributed by atoms with E-state index >= 15 is 0 Å². The first kappa shape index (κ1) is 23.0. The second-order valence-corrected chi connectivity index (χ2v) is 7.58. The van der Waals surface area contributed by atoms with Crippen molar-refractivity contribution in [2.45, 2.75) is 33.6 Å². The summed E-state index contributed by atoms with van der Waals surface area (Å²) in [6, 6.07) is 5.49. The first-order valence-electron chi connectivity index (χ1n) is 10.7. The normalized spacial score (nSPS) is 14.8. The molecule has 1 amide bonds. The third-order valence-corrected chi connectivity index (χ3v) is 5.47. The number of nitrogens with one attached hydrogen (secondary N) is 1. The van der Waals surface area contributed by atoms with Gasteiger partial charge < -0.3 is 15.0 Å². The summed E-state index contributed by atoms with van der Waals surface area (Å²) in [5.41, 5.74) is 0.977. The molecule has 0 bridgehead atoms. The van der Waals surface area contributed by atoms with Crippen LogP contribution in [0.15, 0.2) is 28.7 Å². The van der Waals surface area contributed by atoms with E-state index in [-0.39, 0.29) is 28.6 Å². The van der Waals surface area contributed by atoms with E-state index in [9.17, 15) is 19.6 Å². The fraction of sp³-hybridized carbons (Fsp3) is 0.435. The summed E-state index contributed by atoms with van der Waals surface area (Å²) < 4.78 is 6.56. The monoisotopic (exact) mass is 437 g/mol. The molecule has 0 aliphatic carbocycles. The molecular weight excluding hydrogens is 410 g/mol. The predicted molar refractivity (Wildman–Crippen MR) is 120 cm³/mol. The molecule has 9 heteroatoms. The van der Waals surface area contributed by atoms with Gasteiger partial charge in [-0.25, -0.2) is 4.98 Å². The van der Waals surface area contributed by atoms with Crippen molar-refractivity contribution in [2.75, 3.05) is 31.1 Å². The molecule has 0 radical (unpaired) electrons. The van der Waals surface area contributed by atoms with Gasteiger partial charge in [-0.15, -0.1) is 0 Å². The van der Waals surface area contributed by atoms with Crippen molar-refractivity contribution in [1.29, 1.82) is 5.26 Å². The van der Waals surface area contributed by atoms with Crippen molar-refractivity contribution < 1.29 is 14.3 Å². The molecule has 0 aromatic carbocycles. The van der Waals surface area contributed by atoms with Crippen molar-refractivity contribution in [1.82, 2.24) is 14.7 Å². The van der Waals surface area contributed by atoms with Gasteiger partial charge in [0, 0.05) is 25.8 Å². The fourth-order valence-corrected chi connectivity index (χ4v) is 3.80. The van der Waals surface area contributed by atoms with Gasteiger partial charge in [0.05, 0.1) is 18.1 Å². The molecule has 32 heavy (non-hydrogen) atoms. The van der Waals surface area contributed by atoms with Crippen LogP contribution in [0, 0.1) is 24.2 Å². The zero-order valence-corrected chi connectivity index (χ0v) is 18.6. The number of rotatable bonds is 6. The molecule has 1 fully saturated rings. The number of nitrogens with zero attached hydrogens (tertiary/aromatic N) is 4. The van der Waals surface area contributed by atoms with Crippen LogP contribution in [-0.2, 0) is 14.3 Å². The van der Waals surface area contributed by atoms with E-state index in [1.54, 1.807) is 26.1 Å². The maximum absolute atomic E-state index is 13.4. The number of hydrogen-bond donors (Lipinski definition) is 1. The first-order valence-corrected chi connectivity index (χ1v) is 10.7. The topological polar surface area (TPSA) is 117 Å². The number of nitriles is 1. The third kappa shape index (κ3) is 4.64. The van der Waals surface area contributed by atoms with Crippen molar-refractivity contribution in [2.24, 2.45) is 5.92 Å². The maximum atomic E-state index is 13.4. The van der Waals surface area contributed by atoms with Gasteiger partial charge in [0.2, 0.25) is 0 Å². The number of hydrogen-bond acceptors (Lipinski definition) is 7. The van der Waals surface area contributed by atoms with Crippen LogP contribution >= 0.6 is 0 Å². The van der Waals surface area contributed by atoms with Crippen LogP contribution in [-0.4, -0.2) is 47.5 Å². The van der Waals surface area contributed by atoms with Crippen molar-refractivity contribution in [3.63, 3.8) is 0 Å². The van der Waals surface area contributed by atoms with Crippen molar-refractivity contribution in [3.8, 4) is 6.07 Å². The third-order valence-electron chi connectivity index (χ3n) is 5.47. The molecule has 9 nitrogen and oxygen atoms in total. The van der Waals surface area contributed by atoms with E-state index in [4.69, 9.17) is 9.72 Å². The number of likely N-dealkylation sites (N-methyl/N-ethyl adjacent to an activating group) is 1. The van der Waals surface area contributed by atoms with E-state index in [0.717, 1.165) is 5.56 Å². The van der Waals surface area contributed by atoms with E-state index in [1.165, 1.54) is 10.5 Å². The summed E-state index contributed by atoms with van der Waals surface area (Å²) in [4.78, 5) is 44.4. The van der Waals surface area contributed by atoms with Crippen molar-refractivity contribution in [3.05, 3.63) is 45.4 Å². The Balaban J connectivity index is 2.09. The zero-order chi connectivity index (χ0) is 23.3. The summed E-state index contributed by atoms with van der Waals surface area (Å²) >= 11 is 0. The summed E-state index contributed by atoms with van der Waals surface area (Å²) in [7, 11) is 0. The average molecular weight is 438 g/mol. The van der Waals surface area contributed by atoms with Gasteiger partial charge in [0.1, 0.15) is 23.1 Å². The van der Waals surface area contributed by atoms with E-state index in [2.05, 4.69) is 5.32 Å². The molecule has 0 unspecified atom stereocenters. The molecule has 168 valence electrons. The van der Waals surface area contributed by atoms with Crippen LogP contribution in [0.25, 0.3) is 11.7 Å². The summed E-state index contributed by atoms with van der Waals surface area (Å²) in [5, 5.41) is 12.1. The highest BCUT2D eigenvalue weighted by Crippen LogP contribution is 2.26.